The first kappa shape index (κ1) is 82.1. The Bertz CT molecular complexity index is 5010. The van der Waals surface area contributed by atoms with Crippen LogP contribution >= 0.6 is 47.8 Å². The number of ether oxygens (including phenoxy) is 2. The third-order valence-corrected chi connectivity index (χ3v) is 17.3. The fourth-order valence-electron chi connectivity index (χ4n) is 10.3. The summed E-state index contributed by atoms with van der Waals surface area (Å²) in [6.45, 7) is 2.23. The molecule has 0 aliphatic carbocycles. The summed E-state index contributed by atoms with van der Waals surface area (Å²) in [5.74, 6) is -4.41. The van der Waals surface area contributed by atoms with Crippen LogP contribution in [0.3, 0.4) is 0 Å². The first-order chi connectivity index (χ1) is 51.6. The zero-order valence-electron chi connectivity index (χ0n) is 59.1. The number of carboxylic acid groups (broad SMARTS) is 1. The number of carbonyl (C=O) groups excluding carboxylic acids is 5. The Labute approximate surface area is 642 Å². The van der Waals surface area contributed by atoms with Crippen molar-refractivity contribution in [1.82, 2.24) is 54.6 Å². The first-order valence-electron chi connectivity index (χ1n) is 32.3. The van der Waals surface area contributed by atoms with Crippen molar-refractivity contribution >= 4 is 130 Å². The minimum Gasteiger partial charge on any atom is -0.478 e. The predicted molar refractivity (Wildman–Crippen MR) is 410 cm³/mol. The molecule has 3 amide bonds. The van der Waals surface area contributed by atoms with E-state index in [0.29, 0.717) is 65.3 Å². The Hall–Kier alpha value is -11.6. The zero-order valence-corrected chi connectivity index (χ0v) is 63.8. The second-order valence-corrected chi connectivity index (χ2v) is 26.2. The summed E-state index contributed by atoms with van der Waals surface area (Å²) in [5.41, 5.74) is 6.91. The van der Waals surface area contributed by atoms with Gasteiger partial charge in [0.15, 0.2) is 34.9 Å². The number of nitrogens with one attached hydrogen (secondary N) is 2. The summed E-state index contributed by atoms with van der Waals surface area (Å²) in [4.78, 5) is 109. The van der Waals surface area contributed by atoms with Crippen LogP contribution in [0.25, 0.3) is 33.2 Å². The third-order valence-electron chi connectivity index (χ3n) is 15.6. The molecule has 0 unspecified atom stereocenters. The number of esters is 2. The van der Waals surface area contributed by atoms with E-state index in [0.717, 1.165) is 52.7 Å². The number of H-pyrrole nitrogens is 2. The number of hydrogen-bond acceptors (Lipinski definition) is 18. The molecule has 0 saturated heterocycles. The number of methoxy groups -OCH3 is 2. The number of nitrogens with zero attached hydrogens (tertiary/aromatic N) is 11. The number of aromatic nitrogens is 8. The van der Waals surface area contributed by atoms with E-state index >= 15 is 4.39 Å². The molecular weight excluding hydrogens is 1600 g/mol. The van der Waals surface area contributed by atoms with Gasteiger partial charge in [-0.2, -0.15) is 0 Å². The lowest BCUT2D eigenvalue weighted by Crippen LogP contribution is -2.30. The van der Waals surface area contributed by atoms with Crippen molar-refractivity contribution in [2.24, 2.45) is 0 Å². The number of anilines is 2. The standard InChI is InChI=1S/C31H28FN5O3.C23H22BN3O4.2C8H8BrFN2O.C6H3BrFNO2/c1-36(2)30(38)22-14-25(32)28(33-16-22)26-15-23-24(31(39)40-3)17-34-29(27(23)35-26)37(18-20-10-6-4-7-11-20)19-21-12-8-5-9-13-21;1-31-23(28)19-13-25-22(21-18(19)12-20(26-21)24(29)30)27(14-16-8-4-2-5-9-16)15-17-10-6-3-7-11-17;2*1-12(2)8(13)5-3-6(10)7(9)11-4-5;7-5-4(8)1-3(2-9-5)6(10)11/h4-17,35H,18-19H2,1-3H3;2-13,26,29-30H,14-15H2,1H3;2*3-4H,1-2H3;1-2H,(H,10,11). The maximum atomic E-state index is 15.3. The van der Waals surface area contributed by atoms with Gasteiger partial charge in [-0.1, -0.05) is 121 Å². The van der Waals surface area contributed by atoms with Gasteiger partial charge in [0.2, 0.25) is 0 Å². The van der Waals surface area contributed by atoms with Gasteiger partial charge in [0, 0.05) is 122 Å². The van der Waals surface area contributed by atoms with Crippen molar-refractivity contribution in [3.05, 3.63) is 288 Å². The summed E-state index contributed by atoms with van der Waals surface area (Å²) in [5, 5.41) is 28.8. The smallest absolute Gasteiger partial charge is 0.478 e. The molecule has 0 aliphatic heterocycles. The molecule has 24 nitrogen and oxygen atoms in total. The van der Waals surface area contributed by atoms with E-state index in [2.05, 4.69) is 97.5 Å². The van der Waals surface area contributed by atoms with Crippen LogP contribution in [0, 0.1) is 23.3 Å². The Kier molecular flexibility index (Phi) is 29.4. The van der Waals surface area contributed by atoms with Crippen LogP contribution < -0.4 is 15.4 Å². The summed E-state index contributed by atoms with van der Waals surface area (Å²) in [7, 11) is 10.5. The number of aromatic carboxylic acids is 1. The molecule has 0 bridgehead atoms. The van der Waals surface area contributed by atoms with Crippen LogP contribution in [-0.4, -0.2) is 169 Å². The molecule has 0 spiro atoms. The van der Waals surface area contributed by atoms with Crippen molar-refractivity contribution in [3.8, 4) is 11.4 Å². The van der Waals surface area contributed by atoms with Crippen LogP contribution in [0.15, 0.2) is 209 Å². The topological polar surface area (TPSA) is 307 Å². The van der Waals surface area contributed by atoms with Crippen LogP contribution in [-0.2, 0) is 35.7 Å². The molecule has 4 aromatic carbocycles. The Balaban J connectivity index is 0.000000189. The molecule has 108 heavy (non-hydrogen) atoms. The van der Waals surface area contributed by atoms with E-state index in [-0.39, 0.29) is 76.2 Å². The second-order valence-electron chi connectivity index (χ2n) is 23.9. The summed E-state index contributed by atoms with van der Waals surface area (Å²) >= 11 is 8.61. The number of hydrogen-bond donors (Lipinski definition) is 5. The number of fused-ring (bicyclic) bond motifs is 2. The molecule has 5 N–H and O–H groups in total. The van der Waals surface area contributed by atoms with E-state index < -0.39 is 48.3 Å². The van der Waals surface area contributed by atoms with Crippen molar-refractivity contribution in [3.63, 3.8) is 0 Å². The second kappa shape index (κ2) is 38.6. The highest BCUT2D eigenvalue weighted by atomic mass is 79.9. The molecule has 12 aromatic rings. The fraction of sp³-hybridized carbons (Fsp3) is 0.158. The molecule has 556 valence electrons. The van der Waals surface area contributed by atoms with E-state index in [4.69, 9.17) is 14.6 Å². The highest BCUT2D eigenvalue weighted by Gasteiger charge is 2.27. The number of pyridine rings is 6. The average molecular weight is 1670 g/mol. The molecular formula is C76H69BBr3F4N13O11. The van der Waals surface area contributed by atoms with Crippen LogP contribution in [0.2, 0.25) is 0 Å². The van der Waals surface area contributed by atoms with Gasteiger partial charge >= 0.3 is 25.0 Å². The molecule has 12 rings (SSSR count). The SMILES string of the molecule is CN(C)C(=O)c1cnc(Br)c(F)c1.CN(C)C(=O)c1cnc(Br)c(F)c1.COC(=O)c1cnc(N(Cc2ccccc2)Cc2ccccc2)c2[nH]c(-c3ncc(C(=O)N(C)C)cc3F)cc12.COC(=O)c1cnc(N(Cc2ccccc2)Cc2ccccc2)c2[nH]c(B(O)O)cc12.O=C(O)c1cnc(Br)c(F)c1. The third kappa shape index (κ3) is 21.8. The summed E-state index contributed by atoms with van der Waals surface area (Å²) < 4.78 is 63.8. The monoisotopic (exact) mass is 1660 g/mol. The lowest BCUT2D eigenvalue weighted by atomic mass is 9.86. The minimum atomic E-state index is -1.71. The molecule has 32 heteroatoms. The zero-order chi connectivity index (χ0) is 78.5. The molecule has 0 fully saturated rings. The van der Waals surface area contributed by atoms with Gasteiger partial charge in [-0.05, 0) is 106 Å². The Morgan fingerprint density at radius 3 is 1.06 bits per heavy atom. The lowest BCUT2D eigenvalue weighted by Gasteiger charge is -2.25. The number of rotatable bonds is 18. The number of aromatic amines is 2. The maximum Gasteiger partial charge on any atom is 0.505 e. The number of benzene rings is 4. The van der Waals surface area contributed by atoms with Crippen molar-refractivity contribution in [2.45, 2.75) is 26.2 Å². The minimum absolute atomic E-state index is 0.0162. The van der Waals surface area contributed by atoms with Gasteiger partial charge in [0.25, 0.3) is 17.7 Å². The lowest BCUT2D eigenvalue weighted by molar-refractivity contribution is 0.0593. The Morgan fingerprint density at radius 1 is 0.426 bits per heavy atom. The fourth-order valence-corrected chi connectivity index (χ4v) is 10.9. The van der Waals surface area contributed by atoms with Crippen LogP contribution in [0.1, 0.15) is 84.4 Å². The van der Waals surface area contributed by atoms with Gasteiger partial charge in [-0.25, -0.2) is 56.9 Å². The van der Waals surface area contributed by atoms with Gasteiger partial charge in [-0.15, -0.1) is 0 Å². The molecule has 0 radical (unpaired) electrons. The van der Waals surface area contributed by atoms with Crippen molar-refractivity contribution in [1.29, 1.82) is 0 Å². The quantitative estimate of drug-likeness (QED) is 0.0231. The van der Waals surface area contributed by atoms with E-state index in [1.807, 2.05) is 121 Å². The summed E-state index contributed by atoms with van der Waals surface area (Å²) in [6, 6.07) is 47.5. The number of amides is 3. The van der Waals surface area contributed by atoms with Crippen molar-refractivity contribution < 1.29 is 71.0 Å². The molecule has 8 aromatic heterocycles. The van der Waals surface area contributed by atoms with E-state index in [9.17, 15) is 52.0 Å². The highest BCUT2D eigenvalue weighted by molar-refractivity contribution is 9.11. The molecule has 0 aliphatic rings. The number of carbonyl (C=O) groups is 6. The predicted octanol–water partition coefficient (Wildman–Crippen LogP) is 12.7. The van der Waals surface area contributed by atoms with Crippen molar-refractivity contribution in [2.75, 3.05) is 66.3 Å². The number of halogens is 7. The average Bonchev–Trinajstić information content (AvgIpc) is 1.59. The normalized spacial score (nSPS) is 10.5. The van der Waals surface area contributed by atoms with Gasteiger partial charge in [0.05, 0.1) is 64.3 Å². The largest absolute Gasteiger partial charge is 0.505 e. The van der Waals surface area contributed by atoms with E-state index in [1.54, 1.807) is 54.4 Å². The molecule has 8 heterocycles. The summed E-state index contributed by atoms with van der Waals surface area (Å²) in [6.07, 6.45) is 8.02. The first-order valence-corrected chi connectivity index (χ1v) is 34.6. The highest BCUT2D eigenvalue weighted by Crippen LogP contribution is 2.35. The van der Waals surface area contributed by atoms with Gasteiger partial charge in [0.1, 0.15) is 19.5 Å². The molecule has 0 saturated carbocycles. The van der Waals surface area contributed by atoms with Crippen LogP contribution in [0.5, 0.6) is 0 Å². The molecule has 0 atom stereocenters. The van der Waals surface area contributed by atoms with Gasteiger partial charge in [-0.3, -0.25) is 19.4 Å². The Morgan fingerprint density at radius 2 is 0.741 bits per heavy atom. The van der Waals surface area contributed by atoms with Crippen LogP contribution in [0.4, 0.5) is 29.2 Å². The van der Waals surface area contributed by atoms with E-state index in [1.165, 1.54) is 59.9 Å². The van der Waals surface area contributed by atoms with Gasteiger partial charge < -0.3 is 59.1 Å². The number of carboxylic acids is 1. The maximum absolute atomic E-state index is 15.3.